The van der Waals surface area contributed by atoms with E-state index in [0.29, 0.717) is 9.50 Å². The van der Waals surface area contributed by atoms with Crippen molar-refractivity contribution in [2.75, 3.05) is 5.32 Å². The van der Waals surface area contributed by atoms with Gasteiger partial charge in [-0.2, -0.15) is 0 Å². The fraction of sp³-hybridized carbons (Fsp3) is 0. The third-order valence-corrected chi connectivity index (χ3v) is 3.81. The second kappa shape index (κ2) is 6.19. The van der Waals surface area contributed by atoms with E-state index in [-0.39, 0.29) is 16.9 Å². The number of nitro benzene ring substituents is 1. The Bertz CT molecular complexity index is 739. The Morgan fingerprint density at radius 1 is 1.29 bits per heavy atom. The minimum absolute atomic E-state index is 0.142. The lowest BCUT2D eigenvalue weighted by Crippen LogP contribution is -2.13. The van der Waals surface area contributed by atoms with Crippen molar-refractivity contribution >= 4 is 44.8 Å². The van der Waals surface area contributed by atoms with Crippen molar-refractivity contribution in [1.82, 2.24) is 0 Å². The van der Waals surface area contributed by atoms with E-state index in [2.05, 4.69) is 21.2 Å². The normalized spacial score (nSPS) is 10.2. The average Bonchev–Trinajstić information content (AvgIpc) is 2.43. The number of non-ortho nitro benzene ring substituents is 1. The van der Waals surface area contributed by atoms with E-state index in [9.17, 15) is 19.3 Å². The zero-order valence-corrected chi connectivity index (χ0v) is 12.6. The molecule has 0 atom stereocenters. The molecule has 2 aromatic carbocycles. The molecule has 2 aromatic rings. The molecule has 0 aliphatic heterocycles. The van der Waals surface area contributed by atoms with Crippen LogP contribution in [0.1, 0.15) is 10.4 Å². The molecule has 0 saturated carbocycles. The van der Waals surface area contributed by atoms with Gasteiger partial charge >= 0.3 is 0 Å². The monoisotopic (exact) mass is 372 g/mol. The molecule has 8 heteroatoms. The van der Waals surface area contributed by atoms with Gasteiger partial charge in [-0.3, -0.25) is 14.9 Å². The first kappa shape index (κ1) is 15.4. The van der Waals surface area contributed by atoms with Crippen LogP contribution in [-0.4, -0.2) is 10.8 Å². The maximum atomic E-state index is 13.7. The highest BCUT2D eigenvalue weighted by molar-refractivity contribution is 9.10. The van der Waals surface area contributed by atoms with Gasteiger partial charge in [0.05, 0.1) is 21.7 Å². The van der Waals surface area contributed by atoms with Crippen LogP contribution in [0.25, 0.3) is 0 Å². The van der Waals surface area contributed by atoms with Gasteiger partial charge in [-0.25, -0.2) is 4.39 Å². The van der Waals surface area contributed by atoms with Gasteiger partial charge in [-0.05, 0) is 40.2 Å². The van der Waals surface area contributed by atoms with Crippen LogP contribution in [-0.2, 0) is 0 Å². The van der Waals surface area contributed by atoms with Crippen molar-refractivity contribution in [3.63, 3.8) is 0 Å². The zero-order valence-electron chi connectivity index (χ0n) is 10.3. The van der Waals surface area contributed by atoms with Crippen LogP contribution in [0.3, 0.4) is 0 Å². The Morgan fingerprint density at radius 2 is 2.00 bits per heavy atom. The molecule has 21 heavy (non-hydrogen) atoms. The lowest BCUT2D eigenvalue weighted by Gasteiger charge is -2.07. The molecule has 0 fully saturated rings. The highest BCUT2D eigenvalue weighted by Crippen LogP contribution is 2.25. The Morgan fingerprint density at radius 3 is 2.57 bits per heavy atom. The molecule has 5 nitrogen and oxygen atoms in total. The lowest BCUT2D eigenvalue weighted by atomic mass is 10.2. The van der Waals surface area contributed by atoms with Crippen molar-refractivity contribution in [2.24, 2.45) is 0 Å². The summed E-state index contributed by atoms with van der Waals surface area (Å²) in [7, 11) is 0. The number of rotatable bonds is 3. The van der Waals surface area contributed by atoms with Gasteiger partial charge < -0.3 is 5.32 Å². The van der Waals surface area contributed by atoms with Crippen LogP contribution >= 0.6 is 27.5 Å². The molecule has 0 unspecified atom stereocenters. The van der Waals surface area contributed by atoms with E-state index in [4.69, 9.17) is 11.6 Å². The van der Waals surface area contributed by atoms with Gasteiger partial charge in [0.2, 0.25) is 0 Å². The van der Waals surface area contributed by atoms with Crippen LogP contribution in [0.4, 0.5) is 15.8 Å². The van der Waals surface area contributed by atoms with Gasteiger partial charge in [-0.15, -0.1) is 0 Å². The van der Waals surface area contributed by atoms with Crippen LogP contribution in [0.15, 0.2) is 40.9 Å². The number of nitrogens with one attached hydrogen (secondary N) is 1. The molecule has 0 aliphatic carbocycles. The molecular formula is C13H7BrClFN2O3. The molecule has 2 rings (SSSR count). The molecular weight excluding hydrogens is 367 g/mol. The van der Waals surface area contributed by atoms with E-state index in [1.54, 1.807) is 0 Å². The summed E-state index contributed by atoms with van der Waals surface area (Å²) in [6, 6.07) is 7.47. The SMILES string of the molecule is O=C(Nc1ccc([N+](=O)[O-])cc1F)c1ccc(Cl)c(Br)c1. The number of hydrogen-bond donors (Lipinski definition) is 1. The maximum absolute atomic E-state index is 13.7. The molecule has 1 amide bonds. The standard InChI is InChI=1S/C13H7BrClFN2O3/c14-9-5-7(1-3-10(9)15)13(19)17-12-4-2-8(18(20)21)6-11(12)16/h1-6H,(H,17,19). The van der Waals surface area contributed by atoms with Crippen LogP contribution in [0, 0.1) is 15.9 Å². The smallest absolute Gasteiger partial charge is 0.272 e. The van der Waals surface area contributed by atoms with Crippen molar-refractivity contribution < 1.29 is 14.1 Å². The van der Waals surface area contributed by atoms with E-state index in [1.807, 2.05) is 0 Å². The van der Waals surface area contributed by atoms with Crippen molar-refractivity contribution in [1.29, 1.82) is 0 Å². The van der Waals surface area contributed by atoms with Crippen LogP contribution in [0.2, 0.25) is 5.02 Å². The maximum Gasteiger partial charge on any atom is 0.272 e. The van der Waals surface area contributed by atoms with E-state index in [0.717, 1.165) is 18.2 Å². The second-order valence-electron chi connectivity index (χ2n) is 4.00. The van der Waals surface area contributed by atoms with Gasteiger partial charge in [0, 0.05) is 16.1 Å². The van der Waals surface area contributed by atoms with Crippen LogP contribution in [0.5, 0.6) is 0 Å². The van der Waals surface area contributed by atoms with Gasteiger partial charge in [0.1, 0.15) is 0 Å². The fourth-order valence-electron chi connectivity index (χ4n) is 1.55. The highest BCUT2D eigenvalue weighted by Gasteiger charge is 2.14. The number of carbonyl (C=O) groups excluding carboxylic acids is 1. The third kappa shape index (κ3) is 3.56. The number of nitro groups is 1. The van der Waals surface area contributed by atoms with Gasteiger partial charge in [0.25, 0.3) is 11.6 Å². The topological polar surface area (TPSA) is 72.2 Å². The quantitative estimate of drug-likeness (QED) is 0.640. The first-order valence-electron chi connectivity index (χ1n) is 5.59. The predicted octanol–water partition coefficient (Wildman–Crippen LogP) is 4.40. The molecule has 0 spiro atoms. The first-order chi connectivity index (χ1) is 9.88. The Balaban J connectivity index is 2.23. The molecule has 1 N–H and O–H groups in total. The number of carbonyl (C=O) groups is 1. The highest BCUT2D eigenvalue weighted by atomic mass is 79.9. The Labute approximate surface area is 132 Å². The number of hydrogen-bond acceptors (Lipinski definition) is 3. The van der Waals surface area contributed by atoms with Crippen LogP contribution < -0.4 is 5.32 Å². The van der Waals surface area contributed by atoms with E-state index >= 15 is 0 Å². The van der Waals surface area contributed by atoms with E-state index in [1.165, 1.54) is 18.2 Å². The summed E-state index contributed by atoms with van der Waals surface area (Å²) in [6.45, 7) is 0. The number of anilines is 1. The molecule has 0 radical (unpaired) electrons. The van der Waals surface area contributed by atoms with Crippen molar-refractivity contribution in [3.05, 3.63) is 67.4 Å². The zero-order chi connectivity index (χ0) is 15.6. The van der Waals surface area contributed by atoms with Gasteiger partial charge in [-0.1, -0.05) is 11.6 Å². The molecule has 0 aliphatic rings. The number of benzene rings is 2. The minimum Gasteiger partial charge on any atom is -0.319 e. The molecule has 0 bridgehead atoms. The molecule has 0 saturated heterocycles. The van der Waals surface area contributed by atoms with Crippen molar-refractivity contribution in [3.8, 4) is 0 Å². The summed E-state index contributed by atoms with van der Waals surface area (Å²) in [5.74, 6) is -1.44. The lowest BCUT2D eigenvalue weighted by molar-refractivity contribution is -0.385. The fourth-order valence-corrected chi connectivity index (χ4v) is 2.05. The van der Waals surface area contributed by atoms with Gasteiger partial charge in [0.15, 0.2) is 5.82 Å². The summed E-state index contributed by atoms with van der Waals surface area (Å²) in [5, 5.41) is 13.3. The summed E-state index contributed by atoms with van der Waals surface area (Å²) in [5.41, 5.74) is -0.263. The van der Waals surface area contributed by atoms with Crippen molar-refractivity contribution in [2.45, 2.75) is 0 Å². The minimum atomic E-state index is -0.884. The molecule has 0 aromatic heterocycles. The summed E-state index contributed by atoms with van der Waals surface area (Å²) >= 11 is 8.99. The summed E-state index contributed by atoms with van der Waals surface area (Å²) < 4.78 is 14.2. The summed E-state index contributed by atoms with van der Waals surface area (Å²) in [4.78, 5) is 21.8. The second-order valence-corrected chi connectivity index (χ2v) is 5.27. The third-order valence-electron chi connectivity index (χ3n) is 2.59. The predicted molar refractivity (Wildman–Crippen MR) is 80.2 cm³/mol. The first-order valence-corrected chi connectivity index (χ1v) is 6.76. The summed E-state index contributed by atoms with van der Waals surface area (Å²) in [6.07, 6.45) is 0. The number of nitrogens with zero attached hydrogens (tertiary/aromatic N) is 1. The number of amides is 1. The Kier molecular flexibility index (Phi) is 4.54. The molecule has 0 heterocycles. The largest absolute Gasteiger partial charge is 0.319 e. The average molecular weight is 374 g/mol. The Hall–Kier alpha value is -1.99. The van der Waals surface area contributed by atoms with E-state index < -0.39 is 16.6 Å². The number of halogens is 3. The molecule has 108 valence electrons.